The number of aromatic hydroxyl groups is 1. The molecule has 3 rings (SSSR count). The van der Waals surface area contributed by atoms with Gasteiger partial charge in [0.1, 0.15) is 5.75 Å². The van der Waals surface area contributed by atoms with Crippen molar-refractivity contribution in [2.75, 3.05) is 6.61 Å². The summed E-state index contributed by atoms with van der Waals surface area (Å²) in [5, 5.41) is 21.5. The molecule has 3 aromatic rings. The Bertz CT molecular complexity index is 763. The number of benzene rings is 3. The number of fused-ring (bicyclic) bond motifs is 1. The van der Waals surface area contributed by atoms with Crippen LogP contribution in [0.5, 0.6) is 5.75 Å². The summed E-state index contributed by atoms with van der Waals surface area (Å²) in [4.78, 5) is 0. The largest absolute Gasteiger partial charge is 0.507 e. The predicted molar refractivity (Wildman–Crippen MR) is 91.1 cm³/mol. The lowest BCUT2D eigenvalue weighted by atomic mass is 9.93. The van der Waals surface area contributed by atoms with Crippen molar-refractivity contribution in [3.05, 3.63) is 66.2 Å². The Balaban J connectivity index is 2.15. The van der Waals surface area contributed by atoms with E-state index in [9.17, 15) is 5.11 Å². The highest BCUT2D eigenvalue weighted by Gasteiger charge is 2.12. The zero-order valence-corrected chi connectivity index (χ0v) is 12.5. The van der Waals surface area contributed by atoms with Gasteiger partial charge in [0, 0.05) is 12.0 Å². The van der Waals surface area contributed by atoms with Crippen LogP contribution in [0, 0.1) is 0 Å². The summed E-state index contributed by atoms with van der Waals surface area (Å²) < 4.78 is 0. The Kier molecular flexibility index (Phi) is 4.40. The summed E-state index contributed by atoms with van der Waals surface area (Å²) in [6, 6.07) is 20.3. The van der Waals surface area contributed by atoms with Gasteiger partial charge in [-0.25, -0.2) is 0 Å². The molecule has 0 spiro atoms. The van der Waals surface area contributed by atoms with E-state index in [0.29, 0.717) is 5.75 Å². The van der Waals surface area contributed by atoms with Gasteiger partial charge in [0.15, 0.2) is 0 Å². The summed E-state index contributed by atoms with van der Waals surface area (Å²) in [5.74, 6) is 0.369. The highest BCUT2D eigenvalue weighted by Crippen LogP contribution is 2.37. The third-order valence-electron chi connectivity index (χ3n) is 4.03. The molecule has 0 unspecified atom stereocenters. The Morgan fingerprint density at radius 3 is 2.18 bits per heavy atom. The molecular formula is C20H20O2. The van der Waals surface area contributed by atoms with Gasteiger partial charge in [-0.2, -0.15) is 0 Å². The van der Waals surface area contributed by atoms with Crippen molar-refractivity contribution in [3.63, 3.8) is 0 Å². The van der Waals surface area contributed by atoms with Crippen molar-refractivity contribution in [3.8, 4) is 16.9 Å². The van der Waals surface area contributed by atoms with E-state index >= 15 is 0 Å². The van der Waals surface area contributed by atoms with Crippen LogP contribution in [0.15, 0.2) is 60.7 Å². The highest BCUT2D eigenvalue weighted by molar-refractivity contribution is 6.00. The summed E-state index contributed by atoms with van der Waals surface area (Å²) in [7, 11) is 0. The maximum atomic E-state index is 10.6. The third-order valence-corrected chi connectivity index (χ3v) is 4.03. The van der Waals surface area contributed by atoms with Crippen LogP contribution in [0.4, 0.5) is 0 Å². The van der Waals surface area contributed by atoms with E-state index in [1.165, 1.54) is 0 Å². The molecule has 0 saturated carbocycles. The van der Waals surface area contributed by atoms with Crippen molar-refractivity contribution in [2.45, 2.75) is 19.3 Å². The Labute approximate surface area is 130 Å². The molecule has 0 heterocycles. The summed E-state index contributed by atoms with van der Waals surface area (Å²) in [6.07, 6.45) is 2.40. The predicted octanol–water partition coefficient (Wildman–Crippen LogP) is 4.53. The van der Waals surface area contributed by atoms with Gasteiger partial charge < -0.3 is 10.2 Å². The van der Waals surface area contributed by atoms with Crippen LogP contribution in [0.25, 0.3) is 21.9 Å². The van der Waals surface area contributed by atoms with E-state index in [0.717, 1.165) is 46.7 Å². The van der Waals surface area contributed by atoms with Gasteiger partial charge in [-0.15, -0.1) is 0 Å². The summed E-state index contributed by atoms with van der Waals surface area (Å²) >= 11 is 0. The number of aliphatic hydroxyl groups is 1. The number of unbranched alkanes of at least 4 members (excludes halogenated alkanes) is 1. The molecule has 112 valence electrons. The average molecular weight is 292 g/mol. The molecule has 0 bridgehead atoms. The standard InChI is InChI=1S/C20H20O2/c21-13-7-6-10-16-14-19(15-8-2-1-3-9-15)17-11-4-5-12-18(17)20(16)22/h1-5,8-9,11-12,14,21-22H,6-7,10,13H2. The van der Waals surface area contributed by atoms with Gasteiger partial charge in [-0.3, -0.25) is 0 Å². The smallest absolute Gasteiger partial charge is 0.126 e. The van der Waals surface area contributed by atoms with Crippen molar-refractivity contribution in [1.82, 2.24) is 0 Å². The normalized spacial score (nSPS) is 11.0. The van der Waals surface area contributed by atoms with Gasteiger partial charge in [-0.1, -0.05) is 54.6 Å². The molecule has 0 aliphatic carbocycles. The molecule has 0 aliphatic heterocycles. The number of hydrogen-bond donors (Lipinski definition) is 2. The number of rotatable bonds is 5. The van der Waals surface area contributed by atoms with Gasteiger partial charge in [0.25, 0.3) is 0 Å². The number of aryl methyl sites for hydroxylation is 1. The first-order valence-electron chi connectivity index (χ1n) is 7.71. The van der Waals surface area contributed by atoms with Crippen LogP contribution in [0.3, 0.4) is 0 Å². The Morgan fingerprint density at radius 2 is 1.45 bits per heavy atom. The zero-order valence-electron chi connectivity index (χ0n) is 12.5. The van der Waals surface area contributed by atoms with Crippen LogP contribution < -0.4 is 0 Å². The fraction of sp³-hybridized carbons (Fsp3) is 0.200. The second-order valence-corrected chi connectivity index (χ2v) is 5.52. The molecule has 0 radical (unpaired) electrons. The van der Waals surface area contributed by atoms with Crippen LogP contribution in [0.2, 0.25) is 0 Å². The second kappa shape index (κ2) is 6.63. The quantitative estimate of drug-likeness (QED) is 0.678. The molecule has 0 saturated heterocycles. The van der Waals surface area contributed by atoms with Crippen LogP contribution >= 0.6 is 0 Å². The third kappa shape index (κ3) is 2.83. The minimum atomic E-state index is 0.194. The fourth-order valence-electron chi connectivity index (χ4n) is 2.89. The maximum Gasteiger partial charge on any atom is 0.126 e. The van der Waals surface area contributed by atoms with Gasteiger partial charge in [-0.05, 0) is 47.4 Å². The maximum absolute atomic E-state index is 10.6. The molecule has 3 aromatic carbocycles. The molecule has 2 nitrogen and oxygen atoms in total. The van der Waals surface area contributed by atoms with Gasteiger partial charge in [0.05, 0.1) is 0 Å². The van der Waals surface area contributed by atoms with Gasteiger partial charge in [0.2, 0.25) is 0 Å². The molecule has 2 heteroatoms. The molecule has 0 aliphatic rings. The van der Waals surface area contributed by atoms with Crippen molar-refractivity contribution in [2.24, 2.45) is 0 Å². The van der Waals surface area contributed by atoms with Gasteiger partial charge >= 0.3 is 0 Å². The van der Waals surface area contributed by atoms with Crippen LogP contribution in [0.1, 0.15) is 18.4 Å². The molecule has 0 fully saturated rings. The molecule has 2 N–H and O–H groups in total. The minimum absolute atomic E-state index is 0.194. The van der Waals surface area contributed by atoms with E-state index in [2.05, 4.69) is 24.3 Å². The molecule has 0 atom stereocenters. The van der Waals surface area contributed by atoms with Crippen molar-refractivity contribution < 1.29 is 10.2 Å². The summed E-state index contributed by atoms with van der Waals surface area (Å²) in [5.41, 5.74) is 3.25. The first-order chi connectivity index (χ1) is 10.8. The molecule has 0 aromatic heterocycles. The van der Waals surface area contributed by atoms with E-state index < -0.39 is 0 Å². The number of phenolic OH excluding ortho intramolecular Hbond substituents is 1. The first-order valence-corrected chi connectivity index (χ1v) is 7.71. The molecular weight excluding hydrogens is 272 g/mol. The average Bonchev–Trinajstić information content (AvgIpc) is 2.58. The summed E-state index contributed by atoms with van der Waals surface area (Å²) in [6.45, 7) is 0.194. The number of hydrogen-bond acceptors (Lipinski definition) is 2. The van der Waals surface area contributed by atoms with Crippen LogP contribution in [-0.4, -0.2) is 16.8 Å². The lowest BCUT2D eigenvalue weighted by Gasteiger charge is -2.13. The Morgan fingerprint density at radius 1 is 0.773 bits per heavy atom. The van der Waals surface area contributed by atoms with E-state index in [1.807, 2.05) is 36.4 Å². The zero-order chi connectivity index (χ0) is 15.4. The lowest BCUT2D eigenvalue weighted by molar-refractivity contribution is 0.284. The first kappa shape index (κ1) is 14.6. The lowest BCUT2D eigenvalue weighted by Crippen LogP contribution is -1.92. The van der Waals surface area contributed by atoms with E-state index in [1.54, 1.807) is 0 Å². The number of phenols is 1. The van der Waals surface area contributed by atoms with E-state index in [-0.39, 0.29) is 6.61 Å². The number of aliphatic hydroxyl groups excluding tert-OH is 1. The molecule has 22 heavy (non-hydrogen) atoms. The van der Waals surface area contributed by atoms with Crippen molar-refractivity contribution >= 4 is 10.8 Å². The van der Waals surface area contributed by atoms with Crippen molar-refractivity contribution in [1.29, 1.82) is 0 Å². The SMILES string of the molecule is OCCCCc1cc(-c2ccccc2)c2ccccc2c1O. The fourth-order valence-corrected chi connectivity index (χ4v) is 2.89. The highest BCUT2D eigenvalue weighted by atomic mass is 16.3. The van der Waals surface area contributed by atoms with Crippen LogP contribution in [-0.2, 0) is 6.42 Å². The Hall–Kier alpha value is -2.32. The minimum Gasteiger partial charge on any atom is -0.507 e. The van der Waals surface area contributed by atoms with E-state index in [4.69, 9.17) is 5.11 Å². The second-order valence-electron chi connectivity index (χ2n) is 5.52. The molecule has 0 amide bonds. The topological polar surface area (TPSA) is 40.5 Å². The monoisotopic (exact) mass is 292 g/mol.